The number of hydrogen-bond acceptors (Lipinski definition) is 3. The van der Waals surface area contributed by atoms with Crippen molar-refractivity contribution >= 4 is 17.4 Å². The fourth-order valence-corrected chi connectivity index (χ4v) is 1.80. The fourth-order valence-electron chi connectivity index (χ4n) is 1.58. The lowest BCUT2D eigenvalue weighted by molar-refractivity contribution is -0.274. The van der Waals surface area contributed by atoms with Crippen molar-refractivity contribution in [3.8, 4) is 5.75 Å². The SMILES string of the molecule is CC1CN=C(c2ccc(OC(F)(F)F)c(Cl)c2)N1. The molecule has 2 rings (SSSR count). The van der Waals surface area contributed by atoms with E-state index in [4.69, 9.17) is 11.6 Å². The second kappa shape index (κ2) is 4.68. The van der Waals surface area contributed by atoms with E-state index in [1.54, 1.807) is 0 Å². The van der Waals surface area contributed by atoms with Gasteiger partial charge < -0.3 is 10.1 Å². The molecule has 1 aliphatic heterocycles. The Morgan fingerprint density at radius 2 is 2.17 bits per heavy atom. The van der Waals surface area contributed by atoms with Gasteiger partial charge in [0, 0.05) is 11.6 Å². The van der Waals surface area contributed by atoms with Gasteiger partial charge in [-0.2, -0.15) is 0 Å². The highest BCUT2D eigenvalue weighted by Crippen LogP contribution is 2.30. The highest BCUT2D eigenvalue weighted by molar-refractivity contribution is 6.32. The topological polar surface area (TPSA) is 33.6 Å². The first-order valence-electron chi connectivity index (χ1n) is 5.22. The Morgan fingerprint density at radius 3 is 2.67 bits per heavy atom. The average Bonchev–Trinajstić information content (AvgIpc) is 2.66. The minimum Gasteiger partial charge on any atom is -0.404 e. The second-order valence-electron chi connectivity index (χ2n) is 3.93. The minimum absolute atomic E-state index is 0.103. The molecule has 18 heavy (non-hydrogen) atoms. The summed E-state index contributed by atoms with van der Waals surface area (Å²) in [4.78, 5) is 4.22. The average molecular weight is 279 g/mol. The highest BCUT2D eigenvalue weighted by atomic mass is 35.5. The van der Waals surface area contributed by atoms with Gasteiger partial charge in [0.1, 0.15) is 11.6 Å². The van der Waals surface area contributed by atoms with Crippen LogP contribution in [-0.4, -0.2) is 24.8 Å². The van der Waals surface area contributed by atoms with Crippen molar-refractivity contribution < 1.29 is 17.9 Å². The molecular formula is C11H10ClF3N2O. The van der Waals surface area contributed by atoms with Crippen LogP contribution in [0.25, 0.3) is 0 Å². The molecule has 0 saturated carbocycles. The highest BCUT2D eigenvalue weighted by Gasteiger charge is 2.32. The van der Waals surface area contributed by atoms with Crippen LogP contribution in [0, 0.1) is 0 Å². The second-order valence-corrected chi connectivity index (χ2v) is 4.33. The van der Waals surface area contributed by atoms with Crippen LogP contribution in [-0.2, 0) is 0 Å². The van der Waals surface area contributed by atoms with E-state index in [9.17, 15) is 13.2 Å². The first-order valence-corrected chi connectivity index (χ1v) is 5.59. The summed E-state index contributed by atoms with van der Waals surface area (Å²) in [6, 6.07) is 4.27. The van der Waals surface area contributed by atoms with E-state index < -0.39 is 12.1 Å². The Hall–Kier alpha value is -1.43. The molecule has 1 unspecified atom stereocenters. The molecule has 1 aromatic rings. The van der Waals surface area contributed by atoms with E-state index in [0.717, 1.165) is 0 Å². The van der Waals surface area contributed by atoms with Gasteiger partial charge in [-0.3, -0.25) is 4.99 Å². The van der Waals surface area contributed by atoms with Crippen molar-refractivity contribution in [2.75, 3.05) is 6.54 Å². The third-order valence-electron chi connectivity index (χ3n) is 2.34. The molecule has 0 amide bonds. The van der Waals surface area contributed by atoms with Crippen LogP contribution in [0.2, 0.25) is 5.02 Å². The standard InChI is InChI=1S/C11H10ClF3N2O/c1-6-5-16-10(17-6)7-2-3-9(8(12)4-7)18-11(13,14)15/h2-4,6H,5H2,1H3,(H,16,17). The van der Waals surface area contributed by atoms with Gasteiger partial charge in [-0.1, -0.05) is 11.6 Å². The summed E-state index contributed by atoms with van der Waals surface area (Å²) in [7, 11) is 0. The molecule has 1 heterocycles. The molecule has 0 aliphatic carbocycles. The quantitative estimate of drug-likeness (QED) is 0.902. The summed E-state index contributed by atoms with van der Waals surface area (Å²) in [5, 5.41) is 2.99. The molecule has 0 saturated heterocycles. The van der Waals surface area contributed by atoms with E-state index in [2.05, 4.69) is 15.0 Å². The van der Waals surface area contributed by atoms with E-state index in [1.807, 2.05) is 6.92 Å². The molecule has 0 aromatic heterocycles. The number of nitrogens with one attached hydrogen (secondary N) is 1. The molecule has 1 aromatic carbocycles. The maximum Gasteiger partial charge on any atom is 0.573 e. The predicted octanol–water partition coefficient (Wildman–Crippen LogP) is 2.98. The summed E-state index contributed by atoms with van der Waals surface area (Å²) in [6.45, 7) is 2.59. The number of hydrogen-bond donors (Lipinski definition) is 1. The Kier molecular flexibility index (Phi) is 3.38. The van der Waals surface area contributed by atoms with Gasteiger partial charge >= 0.3 is 6.36 Å². The molecule has 98 valence electrons. The number of aliphatic imine (C=N–C) groups is 1. The summed E-state index contributed by atoms with van der Waals surface area (Å²) >= 11 is 5.74. The normalized spacial score (nSPS) is 19.4. The molecule has 3 nitrogen and oxygen atoms in total. The number of amidine groups is 1. The third-order valence-corrected chi connectivity index (χ3v) is 2.63. The van der Waals surface area contributed by atoms with Crippen molar-refractivity contribution in [2.24, 2.45) is 4.99 Å². The van der Waals surface area contributed by atoms with Gasteiger partial charge in [0.15, 0.2) is 0 Å². The lowest BCUT2D eigenvalue weighted by Gasteiger charge is -2.12. The molecule has 1 aliphatic rings. The number of benzene rings is 1. The predicted molar refractivity (Wildman–Crippen MR) is 62.1 cm³/mol. The molecule has 7 heteroatoms. The van der Waals surface area contributed by atoms with Crippen molar-refractivity contribution in [1.82, 2.24) is 5.32 Å². The van der Waals surface area contributed by atoms with Crippen molar-refractivity contribution in [3.05, 3.63) is 28.8 Å². The lowest BCUT2D eigenvalue weighted by atomic mass is 10.2. The number of ether oxygens (including phenoxy) is 1. The van der Waals surface area contributed by atoms with Crippen molar-refractivity contribution in [2.45, 2.75) is 19.3 Å². The van der Waals surface area contributed by atoms with E-state index in [1.165, 1.54) is 18.2 Å². The zero-order valence-corrected chi connectivity index (χ0v) is 10.1. The van der Waals surface area contributed by atoms with Crippen LogP contribution in [0.4, 0.5) is 13.2 Å². The van der Waals surface area contributed by atoms with Crippen molar-refractivity contribution in [3.63, 3.8) is 0 Å². The minimum atomic E-state index is -4.75. The first kappa shape index (κ1) is 13.0. The summed E-state index contributed by atoms with van der Waals surface area (Å²) in [6.07, 6.45) is -4.75. The van der Waals surface area contributed by atoms with E-state index in [-0.39, 0.29) is 11.1 Å². The zero-order chi connectivity index (χ0) is 13.3. The fraction of sp³-hybridized carbons (Fsp3) is 0.364. The van der Waals surface area contributed by atoms with Crippen LogP contribution in [0.5, 0.6) is 5.75 Å². The summed E-state index contributed by atoms with van der Waals surface area (Å²) in [5.74, 6) is 0.211. The Morgan fingerprint density at radius 1 is 1.44 bits per heavy atom. The largest absolute Gasteiger partial charge is 0.573 e. The van der Waals surface area contributed by atoms with Gasteiger partial charge in [0.2, 0.25) is 0 Å². The molecular weight excluding hydrogens is 269 g/mol. The summed E-state index contributed by atoms with van der Waals surface area (Å²) in [5.41, 5.74) is 0.638. The molecule has 0 radical (unpaired) electrons. The Labute approximate surface area is 107 Å². The van der Waals surface area contributed by atoms with Crippen LogP contribution in [0.15, 0.2) is 23.2 Å². The lowest BCUT2D eigenvalue weighted by Crippen LogP contribution is -2.27. The zero-order valence-electron chi connectivity index (χ0n) is 9.38. The van der Waals surface area contributed by atoms with Crippen LogP contribution >= 0.6 is 11.6 Å². The molecule has 0 fully saturated rings. The van der Waals surface area contributed by atoms with Gasteiger partial charge in [0.25, 0.3) is 0 Å². The monoisotopic (exact) mass is 278 g/mol. The first-order chi connectivity index (χ1) is 8.35. The van der Waals surface area contributed by atoms with Crippen LogP contribution in [0.3, 0.4) is 0 Å². The number of rotatable bonds is 2. The van der Waals surface area contributed by atoms with E-state index in [0.29, 0.717) is 17.9 Å². The van der Waals surface area contributed by atoms with Gasteiger partial charge in [0.05, 0.1) is 11.6 Å². The molecule has 1 atom stereocenters. The smallest absolute Gasteiger partial charge is 0.404 e. The maximum absolute atomic E-state index is 12.1. The van der Waals surface area contributed by atoms with Gasteiger partial charge in [-0.15, -0.1) is 13.2 Å². The number of alkyl halides is 3. The summed E-state index contributed by atoms with van der Waals surface area (Å²) < 4.78 is 40.0. The van der Waals surface area contributed by atoms with Crippen molar-refractivity contribution in [1.29, 1.82) is 0 Å². The molecule has 0 bridgehead atoms. The molecule has 0 spiro atoms. The van der Waals surface area contributed by atoms with Gasteiger partial charge in [-0.25, -0.2) is 0 Å². The van der Waals surface area contributed by atoms with Gasteiger partial charge in [-0.05, 0) is 25.1 Å². The third kappa shape index (κ3) is 3.07. The number of halogens is 4. The Balaban J connectivity index is 2.20. The maximum atomic E-state index is 12.1. The van der Waals surface area contributed by atoms with Crippen LogP contribution in [0.1, 0.15) is 12.5 Å². The molecule has 1 N–H and O–H groups in total. The number of nitrogens with zero attached hydrogens (tertiary/aromatic N) is 1. The van der Waals surface area contributed by atoms with E-state index >= 15 is 0 Å². The Bertz CT molecular complexity index is 488. The van der Waals surface area contributed by atoms with Crippen LogP contribution < -0.4 is 10.1 Å².